The molecule has 1 heterocycles. The van der Waals surface area contributed by atoms with Gasteiger partial charge in [-0.25, -0.2) is 4.39 Å². The van der Waals surface area contributed by atoms with E-state index in [2.05, 4.69) is 19.2 Å². The first-order valence-electron chi connectivity index (χ1n) is 9.55. The largest absolute Gasteiger partial charge is 0.353 e. The number of nitrogens with one attached hydrogen (secondary N) is 1. The lowest BCUT2D eigenvalue weighted by molar-refractivity contribution is -0.140. The van der Waals surface area contributed by atoms with Crippen LogP contribution in [0.4, 0.5) is 4.39 Å². The van der Waals surface area contributed by atoms with Gasteiger partial charge in [0.15, 0.2) is 0 Å². The molecule has 0 bridgehead atoms. The molecule has 26 heavy (non-hydrogen) atoms. The Bertz CT molecular complexity index is 602. The van der Waals surface area contributed by atoms with Crippen LogP contribution in [0.1, 0.15) is 45.6 Å². The van der Waals surface area contributed by atoms with Gasteiger partial charge in [0.2, 0.25) is 11.8 Å². The molecule has 0 aromatic heterocycles. The van der Waals surface area contributed by atoms with Crippen LogP contribution >= 0.6 is 0 Å². The summed E-state index contributed by atoms with van der Waals surface area (Å²) in [5, 5.41) is 2.87. The molecule has 1 aliphatic heterocycles. The number of benzene rings is 1. The van der Waals surface area contributed by atoms with Gasteiger partial charge in [-0.1, -0.05) is 26.0 Å². The Morgan fingerprint density at radius 2 is 1.92 bits per heavy atom. The highest BCUT2D eigenvalue weighted by Gasteiger charge is 2.33. The predicted octanol–water partition coefficient (Wildman–Crippen LogP) is 2.55. The Morgan fingerprint density at radius 3 is 2.50 bits per heavy atom. The van der Waals surface area contributed by atoms with E-state index >= 15 is 0 Å². The van der Waals surface area contributed by atoms with Crippen molar-refractivity contribution in [2.24, 2.45) is 0 Å². The van der Waals surface area contributed by atoms with Crippen LogP contribution in [0.5, 0.6) is 0 Å². The fraction of sp³-hybridized carbons (Fsp3) is 0.600. The first-order chi connectivity index (χ1) is 12.5. The maximum atomic E-state index is 13.1. The number of amides is 2. The number of hydrogen-bond acceptors (Lipinski definition) is 3. The highest BCUT2D eigenvalue weighted by atomic mass is 19.1. The lowest BCUT2D eigenvalue weighted by Gasteiger charge is -2.37. The summed E-state index contributed by atoms with van der Waals surface area (Å²) in [6.07, 6.45) is 2.00. The minimum Gasteiger partial charge on any atom is -0.353 e. The molecular weight excluding hydrogens is 333 g/mol. The van der Waals surface area contributed by atoms with Crippen molar-refractivity contribution in [1.29, 1.82) is 0 Å². The van der Waals surface area contributed by atoms with Gasteiger partial charge in [0, 0.05) is 32.2 Å². The van der Waals surface area contributed by atoms with Crippen LogP contribution in [0.2, 0.25) is 0 Å². The zero-order chi connectivity index (χ0) is 19.1. The number of carbonyl (C=O) groups is 2. The Balaban J connectivity index is 2.10. The molecule has 0 aliphatic carbocycles. The highest BCUT2D eigenvalue weighted by Crippen LogP contribution is 2.17. The van der Waals surface area contributed by atoms with E-state index in [9.17, 15) is 14.0 Å². The third-order valence-electron chi connectivity index (χ3n) is 5.15. The average molecular weight is 363 g/mol. The van der Waals surface area contributed by atoms with Crippen LogP contribution in [0, 0.1) is 5.82 Å². The van der Waals surface area contributed by atoms with Crippen LogP contribution in [-0.4, -0.2) is 53.3 Å². The topological polar surface area (TPSA) is 52.7 Å². The van der Waals surface area contributed by atoms with E-state index in [1.165, 1.54) is 12.1 Å². The molecule has 0 spiro atoms. The number of rotatable bonds is 8. The fourth-order valence-electron chi connectivity index (χ4n) is 3.65. The molecule has 1 N–H and O–H groups in total. The molecular formula is C20H30FN3O2. The lowest BCUT2D eigenvalue weighted by atomic mass is 10.0. The molecule has 1 aliphatic rings. The molecule has 1 fully saturated rings. The summed E-state index contributed by atoms with van der Waals surface area (Å²) in [5.41, 5.74) is 0.936. The van der Waals surface area contributed by atoms with E-state index < -0.39 is 6.04 Å². The molecule has 2 amide bonds. The zero-order valence-electron chi connectivity index (χ0n) is 16.0. The molecule has 6 heteroatoms. The van der Waals surface area contributed by atoms with Crippen molar-refractivity contribution in [2.75, 3.05) is 19.6 Å². The first kappa shape index (κ1) is 20.4. The fourth-order valence-corrected chi connectivity index (χ4v) is 3.65. The van der Waals surface area contributed by atoms with Gasteiger partial charge in [-0.05, 0) is 37.5 Å². The van der Waals surface area contributed by atoms with Gasteiger partial charge < -0.3 is 10.2 Å². The Labute approximate surface area is 155 Å². The molecule has 1 aromatic rings. The van der Waals surface area contributed by atoms with Crippen LogP contribution in [0.25, 0.3) is 0 Å². The standard InChI is InChI=1S/C20H30FN3O2/c1-4-17(5-2)24(6-3)19(25)13-18-20(26)22-11-12-23(18)14-15-7-9-16(21)10-8-15/h7-10,17-18H,4-6,11-14H2,1-3H3,(H,22,26). The van der Waals surface area contributed by atoms with Gasteiger partial charge in [-0.15, -0.1) is 0 Å². The highest BCUT2D eigenvalue weighted by molar-refractivity contribution is 5.89. The number of halogens is 1. The number of piperazine rings is 1. The van der Waals surface area contributed by atoms with E-state index in [0.29, 0.717) is 26.2 Å². The second-order valence-corrected chi connectivity index (χ2v) is 6.76. The maximum absolute atomic E-state index is 13.1. The average Bonchev–Trinajstić information content (AvgIpc) is 2.64. The van der Waals surface area contributed by atoms with Crippen molar-refractivity contribution in [3.8, 4) is 0 Å². The van der Waals surface area contributed by atoms with Crippen LogP contribution in [-0.2, 0) is 16.1 Å². The second-order valence-electron chi connectivity index (χ2n) is 6.76. The monoisotopic (exact) mass is 363 g/mol. The minimum atomic E-state index is -0.482. The number of nitrogens with zero attached hydrogens (tertiary/aromatic N) is 2. The SMILES string of the molecule is CCC(CC)N(CC)C(=O)CC1C(=O)NCCN1Cc1ccc(F)cc1. The van der Waals surface area contributed by atoms with Crippen LogP contribution in [0.15, 0.2) is 24.3 Å². The second kappa shape index (κ2) is 9.67. The molecule has 2 rings (SSSR count). The van der Waals surface area contributed by atoms with E-state index in [4.69, 9.17) is 0 Å². The van der Waals surface area contributed by atoms with Gasteiger partial charge in [0.25, 0.3) is 0 Å². The molecule has 1 atom stereocenters. The molecule has 1 unspecified atom stereocenters. The zero-order valence-corrected chi connectivity index (χ0v) is 16.0. The summed E-state index contributed by atoms with van der Waals surface area (Å²) in [6.45, 7) is 8.57. The van der Waals surface area contributed by atoms with Crippen molar-refractivity contribution in [3.63, 3.8) is 0 Å². The van der Waals surface area contributed by atoms with E-state index in [-0.39, 0.29) is 30.1 Å². The van der Waals surface area contributed by atoms with Gasteiger partial charge in [0.05, 0.1) is 12.5 Å². The summed E-state index contributed by atoms with van der Waals surface area (Å²) < 4.78 is 13.1. The Morgan fingerprint density at radius 1 is 1.27 bits per heavy atom. The molecule has 0 saturated carbocycles. The Kier molecular flexibility index (Phi) is 7.57. The molecule has 144 valence electrons. The van der Waals surface area contributed by atoms with E-state index in [1.54, 1.807) is 12.1 Å². The normalized spacial score (nSPS) is 18.0. The molecule has 0 radical (unpaired) electrons. The summed E-state index contributed by atoms with van der Waals surface area (Å²) in [5.74, 6) is -0.361. The smallest absolute Gasteiger partial charge is 0.237 e. The predicted molar refractivity (Wildman–Crippen MR) is 100.0 cm³/mol. The van der Waals surface area contributed by atoms with Crippen LogP contribution in [0.3, 0.4) is 0 Å². The summed E-state index contributed by atoms with van der Waals surface area (Å²) in [6, 6.07) is 6.03. The summed E-state index contributed by atoms with van der Waals surface area (Å²) in [7, 11) is 0. The van der Waals surface area contributed by atoms with Crippen molar-refractivity contribution >= 4 is 11.8 Å². The first-order valence-corrected chi connectivity index (χ1v) is 9.55. The van der Waals surface area contributed by atoms with Crippen molar-refractivity contribution in [3.05, 3.63) is 35.6 Å². The summed E-state index contributed by atoms with van der Waals surface area (Å²) >= 11 is 0. The number of carbonyl (C=O) groups excluding carboxylic acids is 2. The Hall–Kier alpha value is -1.95. The maximum Gasteiger partial charge on any atom is 0.237 e. The van der Waals surface area contributed by atoms with Gasteiger partial charge in [-0.3, -0.25) is 14.5 Å². The molecule has 5 nitrogen and oxygen atoms in total. The molecule has 1 aromatic carbocycles. The van der Waals surface area contributed by atoms with Gasteiger partial charge in [-0.2, -0.15) is 0 Å². The van der Waals surface area contributed by atoms with E-state index in [1.807, 2.05) is 16.7 Å². The lowest BCUT2D eigenvalue weighted by Crippen LogP contribution is -2.56. The van der Waals surface area contributed by atoms with Gasteiger partial charge in [0.1, 0.15) is 5.82 Å². The third-order valence-corrected chi connectivity index (χ3v) is 5.15. The summed E-state index contributed by atoms with van der Waals surface area (Å²) in [4.78, 5) is 29.2. The van der Waals surface area contributed by atoms with E-state index in [0.717, 1.165) is 18.4 Å². The quantitative estimate of drug-likeness (QED) is 0.772. The number of hydrogen-bond donors (Lipinski definition) is 1. The molecule has 1 saturated heterocycles. The van der Waals surface area contributed by atoms with Crippen molar-refractivity contribution in [1.82, 2.24) is 15.1 Å². The van der Waals surface area contributed by atoms with Crippen LogP contribution < -0.4 is 5.32 Å². The van der Waals surface area contributed by atoms with Crippen molar-refractivity contribution in [2.45, 2.75) is 58.7 Å². The minimum absolute atomic E-state index is 0.0207. The third kappa shape index (κ3) is 5.04. The van der Waals surface area contributed by atoms with Gasteiger partial charge >= 0.3 is 0 Å². The van der Waals surface area contributed by atoms with Crippen molar-refractivity contribution < 1.29 is 14.0 Å².